The maximum Gasteiger partial charge on any atom is 0.325 e. The highest BCUT2D eigenvalue weighted by atomic mass is 32.1. The molecule has 10 heteroatoms. The minimum Gasteiger partial charge on any atom is -0.495 e. The van der Waals surface area contributed by atoms with E-state index in [0.29, 0.717) is 37.8 Å². The molecule has 1 amide bonds. The molecule has 0 unspecified atom stereocenters. The van der Waals surface area contributed by atoms with Gasteiger partial charge in [-0.25, -0.2) is 0 Å². The van der Waals surface area contributed by atoms with E-state index >= 15 is 0 Å². The number of fused-ring (bicyclic) bond motifs is 1. The maximum absolute atomic E-state index is 12.8. The molecule has 28 heavy (non-hydrogen) atoms. The highest BCUT2D eigenvalue weighted by Crippen LogP contribution is 2.35. The van der Waals surface area contributed by atoms with Crippen LogP contribution in [0.3, 0.4) is 0 Å². The first-order valence-electron chi connectivity index (χ1n) is 8.30. The second-order valence-electron chi connectivity index (χ2n) is 5.91. The van der Waals surface area contributed by atoms with Crippen LogP contribution in [-0.2, 0) is 23.1 Å². The van der Waals surface area contributed by atoms with E-state index in [2.05, 4.69) is 10.1 Å². The minimum atomic E-state index is -0.477. The van der Waals surface area contributed by atoms with E-state index in [1.165, 1.54) is 30.2 Å². The summed E-state index contributed by atoms with van der Waals surface area (Å²) in [5, 5.41) is 4.08. The second-order valence-corrected chi connectivity index (χ2v) is 6.89. The van der Waals surface area contributed by atoms with E-state index < -0.39 is 11.9 Å². The average Bonchev–Trinajstić information content (AvgIpc) is 3.20. The van der Waals surface area contributed by atoms with Crippen LogP contribution >= 0.6 is 11.3 Å². The van der Waals surface area contributed by atoms with Gasteiger partial charge in [-0.3, -0.25) is 14.3 Å². The van der Waals surface area contributed by atoms with Crippen LogP contribution < -0.4 is 14.3 Å². The van der Waals surface area contributed by atoms with Gasteiger partial charge in [-0.05, 0) is 19.1 Å². The average molecular weight is 404 g/mol. The fraction of sp³-hybridized carbons (Fsp3) is 0.333. The first kappa shape index (κ1) is 19.6. The lowest BCUT2D eigenvalue weighted by Gasteiger charge is -2.09. The topological polar surface area (TPSA) is 96.9 Å². The van der Waals surface area contributed by atoms with E-state index in [0.717, 1.165) is 0 Å². The van der Waals surface area contributed by atoms with Gasteiger partial charge in [0.15, 0.2) is 4.80 Å². The number of hydrogen-bond acceptors (Lipinski definition) is 7. The van der Waals surface area contributed by atoms with Crippen molar-refractivity contribution < 1.29 is 23.8 Å². The van der Waals surface area contributed by atoms with E-state index in [1.54, 1.807) is 44.0 Å². The number of thiazole rings is 1. The Bertz CT molecular complexity index is 1110. The van der Waals surface area contributed by atoms with Crippen molar-refractivity contribution in [3.05, 3.63) is 34.4 Å². The van der Waals surface area contributed by atoms with Crippen molar-refractivity contribution in [2.75, 3.05) is 21.3 Å². The summed E-state index contributed by atoms with van der Waals surface area (Å²) in [6.07, 6.45) is 1.60. The lowest BCUT2D eigenvalue weighted by atomic mass is 10.2. The molecule has 0 aliphatic carbocycles. The van der Waals surface area contributed by atoms with Gasteiger partial charge in [0.25, 0.3) is 5.91 Å². The largest absolute Gasteiger partial charge is 0.495 e. The molecule has 0 radical (unpaired) electrons. The summed E-state index contributed by atoms with van der Waals surface area (Å²) in [5.41, 5.74) is 1.69. The predicted molar refractivity (Wildman–Crippen MR) is 103 cm³/mol. The van der Waals surface area contributed by atoms with Crippen molar-refractivity contribution in [2.24, 2.45) is 12.0 Å². The van der Waals surface area contributed by atoms with Crippen LogP contribution in [-0.4, -0.2) is 47.6 Å². The molecule has 0 saturated carbocycles. The summed E-state index contributed by atoms with van der Waals surface area (Å²) in [5.74, 6) is 0.183. The Morgan fingerprint density at radius 1 is 1.18 bits per heavy atom. The number of carbonyl (C=O) groups excluding carboxylic acids is 2. The van der Waals surface area contributed by atoms with Gasteiger partial charge in [0.2, 0.25) is 0 Å². The number of rotatable bonds is 5. The Morgan fingerprint density at radius 3 is 2.43 bits per heavy atom. The number of nitrogens with zero attached hydrogens (tertiary/aromatic N) is 4. The molecule has 2 heterocycles. The van der Waals surface area contributed by atoms with Crippen LogP contribution in [0.15, 0.2) is 23.3 Å². The van der Waals surface area contributed by atoms with Gasteiger partial charge in [-0.15, -0.1) is 0 Å². The van der Waals surface area contributed by atoms with Gasteiger partial charge >= 0.3 is 5.97 Å². The molecule has 0 aliphatic heterocycles. The molecule has 9 nitrogen and oxygen atoms in total. The Balaban J connectivity index is 2.30. The van der Waals surface area contributed by atoms with Crippen LogP contribution in [0.2, 0.25) is 0 Å². The molecule has 3 rings (SSSR count). The second kappa shape index (κ2) is 7.85. The first-order valence-corrected chi connectivity index (χ1v) is 9.11. The number of benzene rings is 1. The zero-order valence-corrected chi connectivity index (χ0v) is 17.0. The summed E-state index contributed by atoms with van der Waals surface area (Å²) in [4.78, 5) is 29.4. The smallest absolute Gasteiger partial charge is 0.325 e. The molecule has 0 spiro atoms. The third kappa shape index (κ3) is 3.38. The van der Waals surface area contributed by atoms with Gasteiger partial charge in [-0.2, -0.15) is 10.1 Å². The Hall–Kier alpha value is -3.14. The molecule has 3 aromatic rings. The van der Waals surface area contributed by atoms with Crippen LogP contribution in [0.1, 0.15) is 16.1 Å². The number of esters is 1. The molecule has 0 N–H and O–H groups in total. The van der Waals surface area contributed by atoms with Gasteiger partial charge in [0.1, 0.15) is 34.0 Å². The molecule has 0 bridgehead atoms. The monoisotopic (exact) mass is 404 g/mol. The number of methoxy groups -OCH3 is 3. The number of amides is 1. The number of ether oxygens (including phenoxy) is 3. The lowest BCUT2D eigenvalue weighted by Crippen LogP contribution is -2.23. The fourth-order valence-electron chi connectivity index (χ4n) is 2.87. The number of aromatic nitrogens is 3. The standard InChI is InChI=1S/C18H20N4O5S/c1-10-8-19-21(2)14(10)17(24)20-18-22(9-13(23)27-5)15-11(25-3)6-7-12(26-4)16(15)28-18/h6-8H,9H2,1-5H3. The van der Waals surface area contributed by atoms with E-state index in [4.69, 9.17) is 14.2 Å². The predicted octanol–water partition coefficient (Wildman–Crippen LogP) is 1.68. The minimum absolute atomic E-state index is 0.128. The molecule has 1 aromatic carbocycles. The fourth-order valence-corrected chi connectivity index (χ4v) is 4.01. The number of carbonyl (C=O) groups is 2. The molecule has 0 aliphatic rings. The molecule has 2 aromatic heterocycles. The summed E-state index contributed by atoms with van der Waals surface area (Å²) in [6.45, 7) is 1.66. The molecule has 0 saturated heterocycles. The van der Waals surface area contributed by atoms with E-state index in [9.17, 15) is 9.59 Å². The van der Waals surface area contributed by atoms with Crippen LogP contribution in [0, 0.1) is 6.92 Å². The van der Waals surface area contributed by atoms with E-state index in [-0.39, 0.29) is 6.54 Å². The lowest BCUT2D eigenvalue weighted by molar-refractivity contribution is -0.141. The van der Waals surface area contributed by atoms with Crippen LogP contribution in [0.25, 0.3) is 10.2 Å². The van der Waals surface area contributed by atoms with Crippen molar-refractivity contribution >= 4 is 33.4 Å². The van der Waals surface area contributed by atoms with Crippen molar-refractivity contribution in [1.29, 1.82) is 0 Å². The van der Waals surface area contributed by atoms with Gasteiger partial charge in [0, 0.05) is 12.6 Å². The normalized spacial score (nSPS) is 11.7. The Kier molecular flexibility index (Phi) is 5.50. The van der Waals surface area contributed by atoms with Gasteiger partial charge < -0.3 is 18.8 Å². The summed E-state index contributed by atoms with van der Waals surface area (Å²) in [7, 11) is 6.06. The number of hydrogen-bond donors (Lipinski definition) is 0. The summed E-state index contributed by atoms with van der Waals surface area (Å²) in [6, 6.07) is 3.50. The first-order chi connectivity index (χ1) is 13.4. The quantitative estimate of drug-likeness (QED) is 0.600. The van der Waals surface area contributed by atoms with Crippen molar-refractivity contribution in [3.8, 4) is 11.5 Å². The highest BCUT2D eigenvalue weighted by Gasteiger charge is 2.20. The zero-order valence-electron chi connectivity index (χ0n) is 16.2. The SMILES string of the molecule is COC(=O)Cn1c(=NC(=O)c2c(C)cnn2C)sc2c(OC)ccc(OC)c21. The van der Waals surface area contributed by atoms with Crippen LogP contribution in [0.4, 0.5) is 0 Å². The Labute approximate surface area is 164 Å². The maximum atomic E-state index is 12.8. The third-order valence-corrected chi connectivity index (χ3v) is 5.32. The molecule has 148 valence electrons. The Morgan fingerprint density at radius 2 is 1.86 bits per heavy atom. The molecular weight excluding hydrogens is 384 g/mol. The van der Waals surface area contributed by atoms with Crippen molar-refractivity contribution in [3.63, 3.8) is 0 Å². The van der Waals surface area contributed by atoms with E-state index in [1.807, 2.05) is 0 Å². The van der Waals surface area contributed by atoms with Gasteiger partial charge in [-0.1, -0.05) is 11.3 Å². The highest BCUT2D eigenvalue weighted by molar-refractivity contribution is 7.16. The summed E-state index contributed by atoms with van der Waals surface area (Å²) >= 11 is 1.23. The molecule has 0 atom stereocenters. The van der Waals surface area contributed by atoms with Gasteiger partial charge in [0.05, 0.1) is 27.5 Å². The molecule has 0 fully saturated rings. The number of aryl methyl sites for hydroxylation is 2. The van der Waals surface area contributed by atoms with Crippen molar-refractivity contribution in [2.45, 2.75) is 13.5 Å². The molecular formula is C18H20N4O5S. The zero-order chi connectivity index (χ0) is 20.4. The van der Waals surface area contributed by atoms with Crippen molar-refractivity contribution in [1.82, 2.24) is 14.3 Å². The van der Waals surface area contributed by atoms with Crippen LogP contribution in [0.5, 0.6) is 11.5 Å². The third-order valence-electron chi connectivity index (χ3n) is 4.23. The summed E-state index contributed by atoms with van der Waals surface area (Å²) < 4.78 is 19.5.